The Balaban J connectivity index is 1.23. The highest BCUT2D eigenvalue weighted by atomic mass is 19.1. The van der Waals surface area contributed by atoms with E-state index in [0.717, 1.165) is 75.6 Å². The number of pyridine rings is 3. The molecule has 0 saturated carbocycles. The van der Waals surface area contributed by atoms with Crippen molar-refractivity contribution in [3.8, 4) is 22.3 Å². The first-order valence-electron chi connectivity index (χ1n) is 13.6. The molecule has 0 bridgehead atoms. The minimum absolute atomic E-state index is 0.245. The average molecular weight is 517 g/mol. The first kappa shape index (κ1) is 23.7. The molecule has 194 valence electrons. The lowest BCUT2D eigenvalue weighted by Gasteiger charge is -2.26. The molecule has 7 rings (SSSR count). The van der Waals surface area contributed by atoms with Crippen molar-refractivity contribution in [1.82, 2.24) is 24.8 Å². The molecule has 1 saturated heterocycles. The van der Waals surface area contributed by atoms with E-state index in [2.05, 4.69) is 49.4 Å². The molecule has 2 aliphatic rings. The van der Waals surface area contributed by atoms with Gasteiger partial charge in [-0.15, -0.1) is 0 Å². The zero-order valence-corrected chi connectivity index (χ0v) is 21.6. The third-order valence-corrected chi connectivity index (χ3v) is 7.71. The van der Waals surface area contributed by atoms with E-state index >= 15 is 0 Å². The molecule has 0 atom stereocenters. The second-order valence-electron chi connectivity index (χ2n) is 10.3. The van der Waals surface area contributed by atoms with Gasteiger partial charge < -0.3 is 10.3 Å². The van der Waals surface area contributed by atoms with Crippen LogP contribution in [-0.4, -0.2) is 44.5 Å². The third kappa shape index (κ3) is 4.70. The van der Waals surface area contributed by atoms with E-state index in [1.807, 2.05) is 24.7 Å². The number of rotatable bonds is 5. The topological polar surface area (TPSA) is 69.7 Å². The van der Waals surface area contributed by atoms with Crippen LogP contribution in [0.5, 0.6) is 0 Å². The molecule has 7 heteroatoms. The van der Waals surface area contributed by atoms with Crippen LogP contribution in [0.4, 0.5) is 10.2 Å². The summed E-state index contributed by atoms with van der Waals surface area (Å²) < 4.78 is 13.5. The number of hydrogen-bond donors (Lipinski definition) is 2. The highest BCUT2D eigenvalue weighted by Crippen LogP contribution is 2.37. The number of fused-ring (bicyclic) bond motifs is 2. The quantitative estimate of drug-likeness (QED) is 0.273. The van der Waals surface area contributed by atoms with Gasteiger partial charge in [0.05, 0.1) is 0 Å². The minimum atomic E-state index is -0.245. The van der Waals surface area contributed by atoms with Crippen molar-refractivity contribution in [1.29, 1.82) is 0 Å². The zero-order chi connectivity index (χ0) is 26.2. The average Bonchev–Trinajstić information content (AvgIpc) is 3.42. The van der Waals surface area contributed by atoms with Crippen LogP contribution in [0.2, 0.25) is 0 Å². The second-order valence-corrected chi connectivity index (χ2v) is 10.3. The molecule has 2 N–H and O–H groups in total. The van der Waals surface area contributed by atoms with Gasteiger partial charge >= 0.3 is 0 Å². The zero-order valence-electron chi connectivity index (χ0n) is 21.6. The van der Waals surface area contributed by atoms with Gasteiger partial charge in [0.25, 0.3) is 0 Å². The van der Waals surface area contributed by atoms with Gasteiger partial charge in [0.15, 0.2) is 0 Å². The van der Waals surface area contributed by atoms with Crippen LogP contribution in [0.1, 0.15) is 36.1 Å². The van der Waals surface area contributed by atoms with E-state index in [9.17, 15) is 4.39 Å². The maximum atomic E-state index is 13.5. The van der Waals surface area contributed by atoms with E-state index in [1.165, 1.54) is 37.0 Å². The number of nitrogens with zero attached hydrogens (tertiary/aromatic N) is 4. The van der Waals surface area contributed by atoms with Crippen LogP contribution < -0.4 is 5.32 Å². The number of aromatic nitrogens is 4. The summed E-state index contributed by atoms with van der Waals surface area (Å²) >= 11 is 0. The van der Waals surface area contributed by atoms with Gasteiger partial charge in [-0.1, -0.05) is 24.6 Å². The Morgan fingerprint density at radius 1 is 0.821 bits per heavy atom. The molecular weight excluding hydrogens is 487 g/mol. The summed E-state index contributed by atoms with van der Waals surface area (Å²) in [6.45, 7) is 3.94. The molecule has 39 heavy (non-hydrogen) atoms. The highest BCUT2D eigenvalue weighted by molar-refractivity contribution is 5.98. The summed E-state index contributed by atoms with van der Waals surface area (Å²) in [4.78, 5) is 20.0. The van der Waals surface area contributed by atoms with Crippen molar-refractivity contribution >= 4 is 22.4 Å². The summed E-state index contributed by atoms with van der Waals surface area (Å²) in [5, 5.41) is 4.41. The molecule has 0 radical (unpaired) electrons. The van der Waals surface area contributed by atoms with Crippen LogP contribution in [-0.2, 0) is 6.54 Å². The summed E-state index contributed by atoms with van der Waals surface area (Å²) in [5.41, 5.74) is 9.21. The number of H-pyrrole nitrogens is 1. The highest BCUT2D eigenvalue weighted by Gasteiger charge is 2.20. The molecule has 1 fully saturated rings. The summed E-state index contributed by atoms with van der Waals surface area (Å²) in [7, 11) is 0. The van der Waals surface area contributed by atoms with Gasteiger partial charge in [0.1, 0.15) is 17.3 Å². The fourth-order valence-electron chi connectivity index (χ4n) is 5.74. The van der Waals surface area contributed by atoms with E-state index < -0.39 is 0 Å². The van der Waals surface area contributed by atoms with Crippen molar-refractivity contribution in [2.75, 3.05) is 25.0 Å². The number of anilines is 1. The SMILES string of the molecule is Fc1ccc(-c2ccnc3[nH]c(C4=CCNc5ncc(-c6cncc(CN7CCCCC7)c6)cc54)cc23)cc1. The molecule has 0 unspecified atom stereocenters. The van der Waals surface area contributed by atoms with E-state index in [4.69, 9.17) is 4.98 Å². The monoisotopic (exact) mass is 516 g/mol. The molecule has 0 amide bonds. The summed E-state index contributed by atoms with van der Waals surface area (Å²) in [6, 6.07) is 15.1. The molecular formula is C32H29FN6. The fourth-order valence-corrected chi connectivity index (χ4v) is 5.74. The maximum Gasteiger partial charge on any atom is 0.138 e. The van der Waals surface area contributed by atoms with Crippen molar-refractivity contribution in [3.05, 3.63) is 102 Å². The van der Waals surface area contributed by atoms with Gasteiger partial charge in [0, 0.05) is 71.2 Å². The summed E-state index contributed by atoms with van der Waals surface area (Å²) in [6.07, 6.45) is 13.7. The number of piperidine rings is 1. The van der Waals surface area contributed by atoms with Crippen LogP contribution in [0.25, 0.3) is 38.9 Å². The third-order valence-electron chi connectivity index (χ3n) is 7.71. The van der Waals surface area contributed by atoms with E-state index in [1.54, 1.807) is 18.3 Å². The number of benzene rings is 1. The van der Waals surface area contributed by atoms with Crippen LogP contribution in [0, 0.1) is 5.82 Å². The number of nitrogens with one attached hydrogen (secondary N) is 2. The summed E-state index contributed by atoms with van der Waals surface area (Å²) in [5.74, 6) is 0.616. The van der Waals surface area contributed by atoms with Crippen molar-refractivity contribution in [2.24, 2.45) is 0 Å². The molecule has 5 aromatic rings. The van der Waals surface area contributed by atoms with Crippen molar-refractivity contribution < 1.29 is 4.39 Å². The maximum absolute atomic E-state index is 13.5. The van der Waals surface area contributed by atoms with Gasteiger partial charge in [-0.05, 0) is 79.0 Å². The lowest BCUT2D eigenvalue weighted by atomic mass is 9.96. The first-order chi connectivity index (χ1) is 19.2. The van der Waals surface area contributed by atoms with Gasteiger partial charge in [-0.3, -0.25) is 9.88 Å². The normalized spacial score (nSPS) is 15.6. The van der Waals surface area contributed by atoms with Crippen LogP contribution in [0.15, 0.2) is 79.4 Å². The minimum Gasteiger partial charge on any atom is -0.366 e. The largest absolute Gasteiger partial charge is 0.366 e. The van der Waals surface area contributed by atoms with Crippen molar-refractivity contribution in [2.45, 2.75) is 25.8 Å². The molecule has 6 nitrogen and oxygen atoms in total. The second kappa shape index (κ2) is 10.1. The Labute approximate surface area is 226 Å². The Morgan fingerprint density at radius 2 is 1.67 bits per heavy atom. The first-order valence-corrected chi connectivity index (χ1v) is 13.6. The fraction of sp³-hybridized carbons (Fsp3) is 0.219. The number of hydrogen-bond acceptors (Lipinski definition) is 5. The van der Waals surface area contributed by atoms with E-state index in [0.29, 0.717) is 6.54 Å². The van der Waals surface area contributed by atoms with Crippen LogP contribution in [0.3, 0.4) is 0 Å². The van der Waals surface area contributed by atoms with Crippen molar-refractivity contribution in [3.63, 3.8) is 0 Å². The number of aromatic amines is 1. The Bertz CT molecular complexity index is 1680. The predicted molar refractivity (Wildman–Crippen MR) is 154 cm³/mol. The molecule has 4 aromatic heterocycles. The lowest BCUT2D eigenvalue weighted by molar-refractivity contribution is 0.220. The number of likely N-dealkylation sites (tertiary alicyclic amines) is 1. The molecule has 6 heterocycles. The Kier molecular flexibility index (Phi) is 6.13. The smallest absolute Gasteiger partial charge is 0.138 e. The lowest BCUT2D eigenvalue weighted by Crippen LogP contribution is -2.29. The molecule has 0 spiro atoms. The molecule has 2 aliphatic heterocycles. The van der Waals surface area contributed by atoms with Gasteiger partial charge in [0.2, 0.25) is 0 Å². The molecule has 1 aromatic carbocycles. The Morgan fingerprint density at radius 3 is 2.54 bits per heavy atom. The van der Waals surface area contributed by atoms with Crippen LogP contribution >= 0.6 is 0 Å². The van der Waals surface area contributed by atoms with E-state index in [-0.39, 0.29) is 5.82 Å². The van der Waals surface area contributed by atoms with Gasteiger partial charge in [-0.25, -0.2) is 14.4 Å². The molecule has 0 aliphatic carbocycles. The van der Waals surface area contributed by atoms with Gasteiger partial charge in [-0.2, -0.15) is 0 Å². The standard InChI is InChI=1S/C32H29FN6/c33-25-6-4-22(5-7-25)26-8-10-36-32-29(26)16-30(38-32)27-9-11-35-31-28(27)15-24(19-37-31)23-14-21(17-34-18-23)20-39-12-2-1-3-13-39/h4-10,14-19H,1-3,11-13,20H2,(H,35,37)(H,36,38). The predicted octanol–water partition coefficient (Wildman–Crippen LogP) is 6.67. The Hall–Kier alpha value is -4.36. The number of halogens is 1.